The molecule has 3 heterocycles. The number of piperidine rings is 1. The summed E-state index contributed by atoms with van der Waals surface area (Å²) in [5.41, 5.74) is 3.41. The molecular weight excluding hydrogens is 286 g/mol. The largest absolute Gasteiger partial charge is 0.342 e. The Labute approximate surface area is 137 Å². The molecule has 0 unspecified atom stereocenters. The van der Waals surface area contributed by atoms with Crippen molar-refractivity contribution in [3.8, 4) is 0 Å². The third-order valence-corrected chi connectivity index (χ3v) is 4.65. The van der Waals surface area contributed by atoms with Gasteiger partial charge < -0.3 is 4.90 Å². The molecule has 3 rings (SSSR count). The molecule has 4 nitrogen and oxygen atoms in total. The van der Waals surface area contributed by atoms with Gasteiger partial charge in [0.2, 0.25) is 5.91 Å². The minimum absolute atomic E-state index is 0.190. The second-order valence-corrected chi connectivity index (χ2v) is 6.12. The Hall–Kier alpha value is -2.23. The summed E-state index contributed by atoms with van der Waals surface area (Å²) < 4.78 is 0. The first-order chi connectivity index (χ1) is 11.3. The molecular formula is C19H23N3O. The van der Waals surface area contributed by atoms with E-state index in [2.05, 4.69) is 35.1 Å². The minimum Gasteiger partial charge on any atom is -0.342 e. The molecule has 23 heavy (non-hydrogen) atoms. The van der Waals surface area contributed by atoms with Gasteiger partial charge in [-0.25, -0.2) is 0 Å². The number of rotatable bonds is 4. The van der Waals surface area contributed by atoms with Crippen LogP contribution in [0.2, 0.25) is 0 Å². The van der Waals surface area contributed by atoms with E-state index in [1.807, 2.05) is 29.6 Å². The van der Waals surface area contributed by atoms with E-state index in [1.165, 1.54) is 11.1 Å². The lowest BCUT2D eigenvalue weighted by Crippen LogP contribution is -2.38. The van der Waals surface area contributed by atoms with Crippen LogP contribution in [0.4, 0.5) is 0 Å². The Kier molecular flexibility index (Phi) is 5.01. The summed E-state index contributed by atoms with van der Waals surface area (Å²) in [6, 6.07) is 8.20. The van der Waals surface area contributed by atoms with E-state index in [0.717, 1.165) is 38.0 Å². The van der Waals surface area contributed by atoms with Crippen molar-refractivity contribution in [2.24, 2.45) is 0 Å². The zero-order chi connectivity index (χ0) is 16.1. The van der Waals surface area contributed by atoms with Gasteiger partial charge in [0, 0.05) is 37.4 Å². The average Bonchev–Trinajstić information content (AvgIpc) is 2.63. The first kappa shape index (κ1) is 15.7. The zero-order valence-electron chi connectivity index (χ0n) is 13.6. The fraction of sp³-hybridized carbons (Fsp3) is 0.421. The Morgan fingerprint density at radius 1 is 1.17 bits per heavy atom. The van der Waals surface area contributed by atoms with Gasteiger partial charge in [-0.15, -0.1) is 0 Å². The molecule has 1 aliphatic heterocycles. The summed E-state index contributed by atoms with van der Waals surface area (Å²) in [6.07, 6.45) is 9.00. The molecule has 1 saturated heterocycles. The number of amides is 1. The standard InChI is InChI=1S/C19H23N3O/c1-2-15-3-4-18(21-14-15)13-19(23)22-11-7-17(8-12-22)16-5-9-20-10-6-16/h3-6,9-10,14,17H,2,7-8,11-13H2,1H3. The van der Waals surface area contributed by atoms with Gasteiger partial charge in [0.05, 0.1) is 6.42 Å². The van der Waals surface area contributed by atoms with E-state index in [-0.39, 0.29) is 5.91 Å². The lowest BCUT2D eigenvalue weighted by Gasteiger charge is -2.32. The van der Waals surface area contributed by atoms with Crippen LogP contribution in [0.1, 0.15) is 42.5 Å². The molecule has 0 atom stereocenters. The van der Waals surface area contributed by atoms with E-state index >= 15 is 0 Å². The monoisotopic (exact) mass is 309 g/mol. The molecule has 0 saturated carbocycles. The second kappa shape index (κ2) is 7.36. The van der Waals surface area contributed by atoms with Crippen molar-refractivity contribution in [3.05, 3.63) is 59.7 Å². The summed E-state index contributed by atoms with van der Waals surface area (Å²) >= 11 is 0. The molecule has 2 aromatic heterocycles. The van der Waals surface area contributed by atoms with Gasteiger partial charge in [0.1, 0.15) is 0 Å². The van der Waals surface area contributed by atoms with Crippen LogP contribution in [0.3, 0.4) is 0 Å². The fourth-order valence-electron chi connectivity index (χ4n) is 3.13. The Bertz CT molecular complexity index is 631. The zero-order valence-corrected chi connectivity index (χ0v) is 13.6. The SMILES string of the molecule is CCc1ccc(CC(=O)N2CCC(c3ccncc3)CC2)nc1. The molecule has 1 amide bonds. The number of aromatic nitrogens is 2. The molecule has 0 aromatic carbocycles. The molecule has 0 bridgehead atoms. The number of carbonyl (C=O) groups excluding carboxylic acids is 1. The predicted molar refractivity (Wildman–Crippen MR) is 90.1 cm³/mol. The Balaban J connectivity index is 1.53. The van der Waals surface area contributed by atoms with Crippen molar-refractivity contribution in [2.75, 3.05) is 13.1 Å². The third-order valence-electron chi connectivity index (χ3n) is 4.65. The van der Waals surface area contributed by atoms with Gasteiger partial charge in [0.25, 0.3) is 0 Å². The Morgan fingerprint density at radius 2 is 1.91 bits per heavy atom. The van der Waals surface area contributed by atoms with Crippen molar-refractivity contribution in [2.45, 2.75) is 38.5 Å². The van der Waals surface area contributed by atoms with Gasteiger partial charge in [-0.1, -0.05) is 13.0 Å². The van der Waals surface area contributed by atoms with Crippen molar-refractivity contribution in [1.29, 1.82) is 0 Å². The van der Waals surface area contributed by atoms with Crippen molar-refractivity contribution < 1.29 is 4.79 Å². The van der Waals surface area contributed by atoms with E-state index in [1.54, 1.807) is 0 Å². The third kappa shape index (κ3) is 3.95. The molecule has 0 N–H and O–H groups in total. The second-order valence-electron chi connectivity index (χ2n) is 6.12. The maximum Gasteiger partial charge on any atom is 0.228 e. The minimum atomic E-state index is 0.190. The van der Waals surface area contributed by atoms with E-state index in [9.17, 15) is 4.79 Å². The molecule has 0 radical (unpaired) electrons. The molecule has 1 fully saturated rings. The summed E-state index contributed by atoms with van der Waals surface area (Å²) in [5, 5.41) is 0. The van der Waals surface area contributed by atoms with Crippen molar-refractivity contribution >= 4 is 5.91 Å². The number of likely N-dealkylation sites (tertiary alicyclic amines) is 1. The number of hydrogen-bond acceptors (Lipinski definition) is 3. The van der Waals surface area contributed by atoms with Crippen LogP contribution in [0.15, 0.2) is 42.9 Å². The molecule has 1 aliphatic rings. The highest BCUT2D eigenvalue weighted by Gasteiger charge is 2.23. The lowest BCUT2D eigenvalue weighted by molar-refractivity contribution is -0.131. The first-order valence-electron chi connectivity index (χ1n) is 8.37. The highest BCUT2D eigenvalue weighted by Crippen LogP contribution is 2.27. The first-order valence-corrected chi connectivity index (χ1v) is 8.37. The van der Waals surface area contributed by atoms with Crippen LogP contribution in [0.5, 0.6) is 0 Å². The van der Waals surface area contributed by atoms with Crippen LogP contribution < -0.4 is 0 Å². The van der Waals surface area contributed by atoms with Crippen LogP contribution >= 0.6 is 0 Å². The predicted octanol–water partition coefficient (Wildman–Crippen LogP) is 2.99. The fourth-order valence-corrected chi connectivity index (χ4v) is 3.13. The van der Waals surface area contributed by atoms with Gasteiger partial charge in [-0.05, 0) is 54.5 Å². The van der Waals surface area contributed by atoms with Crippen molar-refractivity contribution in [3.63, 3.8) is 0 Å². The van der Waals surface area contributed by atoms with E-state index < -0.39 is 0 Å². The normalized spacial score (nSPS) is 15.6. The summed E-state index contributed by atoms with van der Waals surface area (Å²) in [7, 11) is 0. The van der Waals surface area contributed by atoms with Gasteiger partial charge in [-0.3, -0.25) is 14.8 Å². The van der Waals surface area contributed by atoms with Crippen LogP contribution in [0, 0.1) is 0 Å². The highest BCUT2D eigenvalue weighted by molar-refractivity contribution is 5.78. The van der Waals surface area contributed by atoms with Crippen LogP contribution in [0.25, 0.3) is 0 Å². The van der Waals surface area contributed by atoms with Crippen LogP contribution in [-0.4, -0.2) is 33.9 Å². The number of hydrogen-bond donors (Lipinski definition) is 0. The van der Waals surface area contributed by atoms with Gasteiger partial charge in [-0.2, -0.15) is 0 Å². The van der Waals surface area contributed by atoms with Gasteiger partial charge >= 0.3 is 0 Å². The number of nitrogens with zero attached hydrogens (tertiary/aromatic N) is 3. The molecule has 4 heteroatoms. The molecule has 120 valence electrons. The number of pyridine rings is 2. The maximum atomic E-state index is 12.4. The van der Waals surface area contributed by atoms with E-state index in [4.69, 9.17) is 0 Å². The lowest BCUT2D eigenvalue weighted by atomic mass is 9.90. The molecule has 0 aliphatic carbocycles. The Morgan fingerprint density at radius 3 is 2.52 bits per heavy atom. The summed E-state index contributed by atoms with van der Waals surface area (Å²) in [6.45, 7) is 3.77. The average molecular weight is 309 g/mol. The summed E-state index contributed by atoms with van der Waals surface area (Å²) in [5.74, 6) is 0.735. The van der Waals surface area contributed by atoms with Gasteiger partial charge in [0.15, 0.2) is 0 Å². The quantitative estimate of drug-likeness (QED) is 0.872. The van der Waals surface area contributed by atoms with Crippen molar-refractivity contribution in [1.82, 2.24) is 14.9 Å². The van der Waals surface area contributed by atoms with E-state index in [0.29, 0.717) is 12.3 Å². The smallest absolute Gasteiger partial charge is 0.228 e. The molecule has 2 aromatic rings. The topological polar surface area (TPSA) is 46.1 Å². The highest BCUT2D eigenvalue weighted by atomic mass is 16.2. The number of carbonyl (C=O) groups is 1. The maximum absolute atomic E-state index is 12.4. The molecule has 0 spiro atoms. The number of aryl methyl sites for hydroxylation is 1. The van der Waals surface area contributed by atoms with Crippen LogP contribution in [-0.2, 0) is 17.6 Å². The summed E-state index contributed by atoms with van der Waals surface area (Å²) in [4.78, 5) is 22.9.